The molecule has 0 amide bonds. The highest BCUT2D eigenvalue weighted by molar-refractivity contribution is 5.80. The molecule has 0 radical (unpaired) electrons. The highest BCUT2D eigenvalue weighted by atomic mass is 16.6. The number of methoxy groups -OCH3 is 1. The van der Waals surface area contributed by atoms with E-state index >= 15 is 0 Å². The molecule has 0 aliphatic rings. The molecule has 1 aromatic carbocycles. The third kappa shape index (κ3) is 1.76. The zero-order chi connectivity index (χ0) is 11.7. The molecule has 0 spiro atoms. The Labute approximate surface area is 98.7 Å². The van der Waals surface area contributed by atoms with Gasteiger partial charge in [0.2, 0.25) is 0 Å². The van der Waals surface area contributed by atoms with E-state index in [9.17, 15) is 0 Å². The lowest BCUT2D eigenvalue weighted by Gasteiger charge is -2.00. The number of ether oxygens (including phenoxy) is 1. The second kappa shape index (κ2) is 3.94. The fourth-order valence-electron chi connectivity index (χ4n) is 1.77. The fourth-order valence-corrected chi connectivity index (χ4v) is 1.77. The Bertz CT molecular complexity index is 658. The number of furan rings is 1. The predicted octanol–water partition coefficient (Wildman–Crippen LogP) is 3.50. The molecule has 0 aliphatic carbocycles. The molecule has 0 saturated carbocycles. The average molecular weight is 225 g/mol. The summed E-state index contributed by atoms with van der Waals surface area (Å²) in [5, 5.41) is 1.12. The van der Waals surface area contributed by atoms with Crippen molar-refractivity contribution in [2.75, 3.05) is 7.11 Å². The number of fused-ring (bicyclic) bond motifs is 1. The minimum absolute atomic E-state index is 0.495. The summed E-state index contributed by atoms with van der Waals surface area (Å²) in [7, 11) is 1.58. The maximum Gasteiger partial charge on any atom is 0.284 e. The van der Waals surface area contributed by atoms with E-state index in [0.29, 0.717) is 11.7 Å². The molecule has 17 heavy (non-hydrogen) atoms. The topological polar surface area (TPSA) is 35.3 Å². The van der Waals surface area contributed by atoms with Gasteiger partial charge in [0.05, 0.1) is 12.6 Å². The first-order chi connectivity index (χ1) is 8.36. The van der Waals surface area contributed by atoms with Gasteiger partial charge >= 0.3 is 0 Å². The third-order valence-electron chi connectivity index (χ3n) is 2.63. The smallest absolute Gasteiger partial charge is 0.284 e. The van der Waals surface area contributed by atoms with Gasteiger partial charge in [-0.1, -0.05) is 24.3 Å². The van der Waals surface area contributed by atoms with Crippen LogP contribution in [0.5, 0.6) is 5.95 Å². The van der Waals surface area contributed by atoms with E-state index in [1.165, 1.54) is 0 Å². The summed E-state index contributed by atoms with van der Waals surface area (Å²) in [4.78, 5) is 4.54. The highest BCUT2D eigenvalue weighted by Gasteiger charge is 2.06. The lowest BCUT2D eigenvalue weighted by atomic mass is 10.2. The van der Waals surface area contributed by atoms with Gasteiger partial charge in [0, 0.05) is 11.5 Å². The first-order valence-electron chi connectivity index (χ1n) is 5.37. The maximum absolute atomic E-state index is 5.48. The molecule has 0 N–H and O–H groups in total. The van der Waals surface area contributed by atoms with Crippen molar-refractivity contribution >= 4 is 10.9 Å². The number of benzene rings is 1. The molecule has 3 nitrogen and oxygen atoms in total. The van der Waals surface area contributed by atoms with Gasteiger partial charge < -0.3 is 9.15 Å². The normalized spacial score (nSPS) is 10.6. The van der Waals surface area contributed by atoms with E-state index in [-0.39, 0.29) is 0 Å². The highest BCUT2D eigenvalue weighted by Crippen LogP contribution is 2.26. The molecular weight excluding hydrogens is 214 g/mol. The summed E-state index contributed by atoms with van der Waals surface area (Å²) in [6.07, 6.45) is 0. The fraction of sp³-hybridized carbons (Fsp3) is 0.0714. The van der Waals surface area contributed by atoms with Crippen molar-refractivity contribution in [1.82, 2.24) is 4.98 Å². The monoisotopic (exact) mass is 225 g/mol. The van der Waals surface area contributed by atoms with E-state index in [4.69, 9.17) is 9.15 Å². The van der Waals surface area contributed by atoms with Crippen LogP contribution in [0.4, 0.5) is 0 Å². The quantitative estimate of drug-likeness (QED) is 0.669. The van der Waals surface area contributed by atoms with E-state index in [0.717, 1.165) is 16.6 Å². The molecule has 0 saturated heterocycles. The molecular formula is C14H11NO2. The van der Waals surface area contributed by atoms with Gasteiger partial charge in [-0.05, 0) is 18.2 Å². The van der Waals surface area contributed by atoms with E-state index in [1.807, 2.05) is 42.5 Å². The lowest BCUT2D eigenvalue weighted by molar-refractivity contribution is 0.309. The standard InChI is InChI=1S/C14H11NO2/c1-16-14-9-8-13(17-14)12-7-6-10-4-2-3-5-11(10)15-12/h2-9H,1H3. The van der Waals surface area contributed by atoms with Gasteiger partial charge in [-0.15, -0.1) is 0 Å². The van der Waals surface area contributed by atoms with Crippen molar-refractivity contribution in [1.29, 1.82) is 0 Å². The predicted molar refractivity (Wildman–Crippen MR) is 66.0 cm³/mol. The van der Waals surface area contributed by atoms with Gasteiger partial charge in [0.15, 0.2) is 5.76 Å². The number of para-hydroxylation sites is 1. The Morgan fingerprint density at radius 1 is 1.00 bits per heavy atom. The second-order valence-corrected chi connectivity index (χ2v) is 3.71. The molecule has 3 heteroatoms. The van der Waals surface area contributed by atoms with Crippen molar-refractivity contribution in [2.45, 2.75) is 0 Å². The summed E-state index contributed by atoms with van der Waals surface area (Å²) >= 11 is 0. The van der Waals surface area contributed by atoms with Crippen LogP contribution in [0.15, 0.2) is 52.9 Å². The van der Waals surface area contributed by atoms with Crippen LogP contribution in [0.25, 0.3) is 22.4 Å². The largest absolute Gasteiger partial charge is 0.468 e. The Kier molecular flexibility index (Phi) is 2.29. The Hall–Kier alpha value is -2.29. The third-order valence-corrected chi connectivity index (χ3v) is 2.63. The van der Waals surface area contributed by atoms with E-state index in [2.05, 4.69) is 4.98 Å². The molecule has 3 rings (SSSR count). The van der Waals surface area contributed by atoms with Gasteiger partial charge in [-0.3, -0.25) is 0 Å². The number of nitrogens with zero attached hydrogens (tertiary/aromatic N) is 1. The van der Waals surface area contributed by atoms with Crippen molar-refractivity contribution in [3.8, 4) is 17.4 Å². The number of hydrogen-bond acceptors (Lipinski definition) is 3. The molecule has 0 unspecified atom stereocenters. The summed E-state index contributed by atoms with van der Waals surface area (Å²) in [6, 6.07) is 15.6. The van der Waals surface area contributed by atoms with Gasteiger partial charge in [0.25, 0.3) is 5.95 Å². The maximum atomic E-state index is 5.48. The van der Waals surface area contributed by atoms with Gasteiger partial charge in [0.1, 0.15) is 5.69 Å². The van der Waals surface area contributed by atoms with Crippen LogP contribution in [0, 0.1) is 0 Å². The molecule has 84 valence electrons. The zero-order valence-corrected chi connectivity index (χ0v) is 9.38. The summed E-state index contributed by atoms with van der Waals surface area (Å²) in [5.74, 6) is 1.21. The SMILES string of the molecule is COc1ccc(-c2ccc3ccccc3n2)o1. The summed E-state index contributed by atoms with van der Waals surface area (Å²) in [5.41, 5.74) is 1.77. The van der Waals surface area contributed by atoms with Crippen LogP contribution in [0.2, 0.25) is 0 Å². The van der Waals surface area contributed by atoms with Crippen molar-refractivity contribution < 1.29 is 9.15 Å². The van der Waals surface area contributed by atoms with Crippen LogP contribution in [0.1, 0.15) is 0 Å². The first-order valence-corrected chi connectivity index (χ1v) is 5.37. The number of pyridine rings is 1. The van der Waals surface area contributed by atoms with Crippen LogP contribution in [0.3, 0.4) is 0 Å². The Morgan fingerprint density at radius 2 is 1.88 bits per heavy atom. The molecule has 0 atom stereocenters. The minimum atomic E-state index is 0.495. The van der Waals surface area contributed by atoms with Crippen molar-refractivity contribution in [3.63, 3.8) is 0 Å². The molecule has 2 aromatic heterocycles. The van der Waals surface area contributed by atoms with Crippen LogP contribution in [-0.2, 0) is 0 Å². The summed E-state index contributed by atoms with van der Waals surface area (Å²) in [6.45, 7) is 0. The molecule has 0 bridgehead atoms. The Morgan fingerprint density at radius 3 is 2.71 bits per heavy atom. The van der Waals surface area contributed by atoms with Crippen molar-refractivity contribution in [3.05, 3.63) is 48.5 Å². The molecule has 2 heterocycles. The Balaban J connectivity index is 2.11. The van der Waals surface area contributed by atoms with Crippen LogP contribution >= 0.6 is 0 Å². The van der Waals surface area contributed by atoms with Crippen LogP contribution in [-0.4, -0.2) is 12.1 Å². The zero-order valence-electron chi connectivity index (χ0n) is 9.38. The van der Waals surface area contributed by atoms with Gasteiger partial charge in [-0.2, -0.15) is 0 Å². The van der Waals surface area contributed by atoms with Gasteiger partial charge in [-0.25, -0.2) is 4.98 Å². The molecule has 0 fully saturated rings. The lowest BCUT2D eigenvalue weighted by Crippen LogP contribution is -1.83. The van der Waals surface area contributed by atoms with E-state index in [1.54, 1.807) is 13.2 Å². The van der Waals surface area contributed by atoms with Crippen molar-refractivity contribution in [2.24, 2.45) is 0 Å². The minimum Gasteiger partial charge on any atom is -0.468 e. The second-order valence-electron chi connectivity index (χ2n) is 3.71. The number of aromatic nitrogens is 1. The molecule has 3 aromatic rings. The average Bonchev–Trinajstić information content (AvgIpc) is 2.87. The molecule has 0 aliphatic heterocycles. The summed E-state index contributed by atoms with van der Waals surface area (Å²) < 4.78 is 10.5. The number of rotatable bonds is 2. The van der Waals surface area contributed by atoms with Crippen LogP contribution < -0.4 is 4.74 Å². The first kappa shape index (κ1) is 9.90. The number of hydrogen-bond donors (Lipinski definition) is 0. The van der Waals surface area contributed by atoms with E-state index < -0.39 is 0 Å².